The molecule has 0 unspecified atom stereocenters. The summed E-state index contributed by atoms with van der Waals surface area (Å²) in [5, 5.41) is 0. The Morgan fingerprint density at radius 3 is 2.54 bits per heavy atom. The van der Waals surface area contributed by atoms with Gasteiger partial charge in [0.2, 0.25) is 0 Å². The first-order valence-corrected chi connectivity index (χ1v) is 5.34. The van der Waals surface area contributed by atoms with Crippen molar-refractivity contribution in [3.8, 4) is 9.85 Å². The van der Waals surface area contributed by atoms with E-state index in [0.29, 0.717) is 0 Å². The van der Waals surface area contributed by atoms with E-state index in [1.54, 1.807) is 6.20 Å². The lowest BCUT2D eigenvalue weighted by molar-refractivity contribution is 0.984. The van der Waals surface area contributed by atoms with Gasteiger partial charge in [-0.25, -0.2) is 0 Å². The lowest BCUT2D eigenvalue weighted by Gasteiger charge is -1.82. The molecular formula is C11H14IN. The number of aromatic nitrogens is 1. The quantitative estimate of drug-likeness (QED) is 0.568. The number of hydrogen-bond donors (Lipinski definition) is 0. The highest BCUT2D eigenvalue weighted by atomic mass is 127. The number of nitrogens with zero attached hydrogens (tertiary/aromatic N) is 1. The maximum absolute atomic E-state index is 3.88. The average molecular weight is 287 g/mol. The Labute approximate surface area is 94.1 Å². The second-order valence-corrected chi connectivity index (χ2v) is 3.09. The second kappa shape index (κ2) is 9.53. The minimum Gasteiger partial charge on any atom is -0.264 e. The van der Waals surface area contributed by atoms with Crippen molar-refractivity contribution >= 4 is 22.6 Å². The van der Waals surface area contributed by atoms with Gasteiger partial charge in [-0.15, -0.1) is 0 Å². The highest BCUT2D eigenvalue weighted by Crippen LogP contribution is 1.88. The predicted molar refractivity (Wildman–Crippen MR) is 65.7 cm³/mol. The van der Waals surface area contributed by atoms with Gasteiger partial charge in [0, 0.05) is 41.4 Å². The molecule has 0 spiro atoms. The molecule has 0 saturated carbocycles. The molecule has 0 aromatic carbocycles. The number of halogens is 1. The van der Waals surface area contributed by atoms with Crippen LogP contribution in [-0.4, -0.2) is 4.98 Å². The lowest BCUT2D eigenvalue weighted by Crippen LogP contribution is -1.69. The van der Waals surface area contributed by atoms with Crippen LogP contribution in [0.2, 0.25) is 0 Å². The van der Waals surface area contributed by atoms with Crippen molar-refractivity contribution in [2.45, 2.75) is 26.7 Å². The SMILES string of the molecule is CCCC#CI.Cc1cccnc1. The molecule has 70 valence electrons. The maximum Gasteiger partial charge on any atom is 0.0297 e. The molecule has 0 saturated heterocycles. The Bertz CT molecular complexity index is 258. The molecule has 1 aromatic heterocycles. The molecule has 0 N–H and O–H groups in total. The Hall–Kier alpha value is -0.560. The molecule has 0 bridgehead atoms. The maximum atomic E-state index is 3.88. The average Bonchev–Trinajstić information content (AvgIpc) is 2.17. The third kappa shape index (κ3) is 9.35. The van der Waals surface area contributed by atoms with Crippen LogP contribution in [0.5, 0.6) is 0 Å². The highest BCUT2D eigenvalue weighted by Gasteiger charge is 1.73. The summed E-state index contributed by atoms with van der Waals surface area (Å²) in [5.74, 6) is 2.93. The van der Waals surface area contributed by atoms with Crippen LogP contribution in [0.15, 0.2) is 24.5 Å². The smallest absolute Gasteiger partial charge is 0.0297 e. The minimum absolute atomic E-state index is 1.04. The van der Waals surface area contributed by atoms with E-state index >= 15 is 0 Å². The van der Waals surface area contributed by atoms with Crippen LogP contribution in [0.4, 0.5) is 0 Å². The van der Waals surface area contributed by atoms with Gasteiger partial charge in [-0.2, -0.15) is 0 Å². The van der Waals surface area contributed by atoms with E-state index in [-0.39, 0.29) is 0 Å². The summed E-state index contributed by atoms with van der Waals surface area (Å²) in [6.07, 6.45) is 5.83. The van der Waals surface area contributed by atoms with Gasteiger partial charge in [0.25, 0.3) is 0 Å². The molecule has 0 atom stereocenters. The Morgan fingerprint density at radius 2 is 2.31 bits per heavy atom. The predicted octanol–water partition coefficient (Wildman–Crippen LogP) is 3.57. The third-order valence-electron chi connectivity index (χ3n) is 1.25. The van der Waals surface area contributed by atoms with E-state index in [0.717, 1.165) is 6.42 Å². The van der Waals surface area contributed by atoms with Crippen molar-refractivity contribution in [1.29, 1.82) is 0 Å². The number of hydrogen-bond acceptors (Lipinski definition) is 1. The van der Waals surface area contributed by atoms with Crippen molar-refractivity contribution in [3.63, 3.8) is 0 Å². The van der Waals surface area contributed by atoms with Gasteiger partial charge in [0.05, 0.1) is 0 Å². The standard InChI is InChI=1S/C6H7N.C5H7I/c1-6-3-2-4-7-5-6;1-2-3-4-5-6/h2-5H,1H3;2-3H2,1H3. The van der Waals surface area contributed by atoms with Crippen molar-refractivity contribution in [2.24, 2.45) is 0 Å². The summed E-state index contributed by atoms with van der Waals surface area (Å²) < 4.78 is 2.79. The first-order valence-electron chi connectivity index (χ1n) is 4.26. The van der Waals surface area contributed by atoms with Crippen LogP contribution >= 0.6 is 22.6 Å². The van der Waals surface area contributed by atoms with E-state index in [1.807, 2.05) is 47.8 Å². The fraction of sp³-hybridized carbons (Fsp3) is 0.364. The van der Waals surface area contributed by atoms with Crippen molar-refractivity contribution in [2.75, 3.05) is 0 Å². The summed E-state index contributed by atoms with van der Waals surface area (Å²) in [7, 11) is 0. The van der Waals surface area contributed by atoms with Gasteiger partial charge in [0.1, 0.15) is 0 Å². The number of pyridine rings is 1. The zero-order valence-electron chi connectivity index (χ0n) is 8.05. The Morgan fingerprint density at radius 1 is 1.54 bits per heavy atom. The fourth-order valence-electron chi connectivity index (χ4n) is 0.620. The molecule has 1 rings (SSSR count). The molecule has 0 fully saturated rings. The van der Waals surface area contributed by atoms with Gasteiger partial charge in [-0.3, -0.25) is 4.98 Å². The van der Waals surface area contributed by atoms with E-state index < -0.39 is 0 Å². The normalized spacial score (nSPS) is 7.62. The monoisotopic (exact) mass is 287 g/mol. The number of unbranched alkanes of at least 4 members (excludes halogenated alkanes) is 1. The fourth-order valence-corrected chi connectivity index (χ4v) is 0.890. The van der Waals surface area contributed by atoms with Gasteiger partial charge < -0.3 is 0 Å². The number of aryl methyl sites for hydroxylation is 1. The third-order valence-corrected chi connectivity index (χ3v) is 1.63. The summed E-state index contributed by atoms with van der Waals surface area (Å²) in [6, 6.07) is 3.95. The Kier molecular flexibility index (Phi) is 9.12. The topological polar surface area (TPSA) is 12.9 Å². The van der Waals surface area contributed by atoms with E-state index in [1.165, 1.54) is 12.0 Å². The summed E-state index contributed by atoms with van der Waals surface area (Å²) in [5.41, 5.74) is 1.21. The molecule has 1 nitrogen and oxygen atoms in total. The highest BCUT2D eigenvalue weighted by molar-refractivity contribution is 14.1. The molecular weight excluding hydrogens is 273 g/mol. The van der Waals surface area contributed by atoms with Crippen LogP contribution in [0.25, 0.3) is 0 Å². The van der Waals surface area contributed by atoms with Gasteiger partial charge in [-0.1, -0.05) is 18.9 Å². The van der Waals surface area contributed by atoms with Crippen molar-refractivity contribution < 1.29 is 0 Å². The van der Waals surface area contributed by atoms with Crippen LogP contribution < -0.4 is 0 Å². The molecule has 1 heterocycles. The largest absolute Gasteiger partial charge is 0.264 e. The molecule has 0 amide bonds. The van der Waals surface area contributed by atoms with E-state index in [4.69, 9.17) is 0 Å². The first-order chi connectivity index (χ1) is 6.31. The molecule has 13 heavy (non-hydrogen) atoms. The molecule has 0 aliphatic rings. The molecule has 0 aliphatic carbocycles. The molecule has 0 aliphatic heterocycles. The van der Waals surface area contributed by atoms with Crippen molar-refractivity contribution in [1.82, 2.24) is 4.98 Å². The molecule has 2 heteroatoms. The zero-order valence-corrected chi connectivity index (χ0v) is 10.2. The van der Waals surface area contributed by atoms with Gasteiger partial charge in [0.15, 0.2) is 0 Å². The van der Waals surface area contributed by atoms with Crippen LogP contribution in [-0.2, 0) is 0 Å². The zero-order chi connectivity index (χ0) is 9.94. The van der Waals surface area contributed by atoms with Crippen LogP contribution in [0.3, 0.4) is 0 Å². The lowest BCUT2D eigenvalue weighted by atomic mass is 10.3. The number of rotatable bonds is 1. The summed E-state index contributed by atoms with van der Waals surface area (Å²) in [4.78, 5) is 3.88. The minimum atomic E-state index is 1.04. The van der Waals surface area contributed by atoms with Gasteiger partial charge in [-0.05, 0) is 28.9 Å². The van der Waals surface area contributed by atoms with E-state index in [9.17, 15) is 0 Å². The van der Waals surface area contributed by atoms with E-state index in [2.05, 4.69) is 21.8 Å². The second-order valence-electron chi connectivity index (χ2n) is 2.55. The van der Waals surface area contributed by atoms with Crippen LogP contribution in [0.1, 0.15) is 25.3 Å². The van der Waals surface area contributed by atoms with Crippen LogP contribution in [0, 0.1) is 16.8 Å². The Balaban J connectivity index is 0.000000226. The summed E-state index contributed by atoms with van der Waals surface area (Å²) in [6.45, 7) is 4.15. The van der Waals surface area contributed by atoms with Gasteiger partial charge >= 0.3 is 0 Å². The first kappa shape index (κ1) is 12.4. The molecule has 1 aromatic rings. The van der Waals surface area contributed by atoms with Crippen molar-refractivity contribution in [3.05, 3.63) is 30.1 Å². The molecule has 0 radical (unpaired) electrons. The summed E-state index contributed by atoms with van der Waals surface area (Å²) >= 11 is 2.05.